The van der Waals surface area contributed by atoms with Crippen molar-refractivity contribution in [1.29, 1.82) is 0 Å². The summed E-state index contributed by atoms with van der Waals surface area (Å²) in [7, 11) is 0. The minimum atomic E-state index is -0.577. The molecule has 7 atom stereocenters. The molecule has 7 unspecified atom stereocenters. The highest BCUT2D eigenvalue weighted by atomic mass is 35.5. The van der Waals surface area contributed by atoms with Crippen LogP contribution in [0.25, 0.3) is 0 Å². The molecule has 0 aromatic carbocycles. The van der Waals surface area contributed by atoms with E-state index in [4.69, 9.17) is 21.1 Å². The molecule has 40 heavy (non-hydrogen) atoms. The molecule has 6 nitrogen and oxygen atoms in total. The van der Waals surface area contributed by atoms with Crippen molar-refractivity contribution >= 4 is 11.6 Å². The van der Waals surface area contributed by atoms with Crippen LogP contribution in [0.5, 0.6) is 0 Å². The Labute approximate surface area is 249 Å². The van der Waals surface area contributed by atoms with Crippen molar-refractivity contribution in [1.82, 2.24) is 10.2 Å². The number of fused-ring (bicyclic) bond motifs is 2. The molecule has 0 amide bonds. The molecule has 3 N–H and O–H groups in total. The molecule has 0 radical (unpaired) electrons. The van der Waals surface area contributed by atoms with Crippen LogP contribution >= 0.6 is 11.6 Å². The largest absolute Gasteiger partial charge is 0.393 e. The van der Waals surface area contributed by atoms with E-state index in [0.717, 1.165) is 84.2 Å². The summed E-state index contributed by atoms with van der Waals surface area (Å²) in [5, 5.41) is 25.9. The van der Waals surface area contributed by atoms with Crippen molar-refractivity contribution in [3.05, 3.63) is 0 Å². The van der Waals surface area contributed by atoms with Crippen LogP contribution in [0.3, 0.4) is 0 Å². The fraction of sp³-hybridized carbons (Fsp3) is 1.00. The van der Waals surface area contributed by atoms with Gasteiger partial charge in [-0.2, -0.15) is 0 Å². The van der Waals surface area contributed by atoms with Gasteiger partial charge in [0.1, 0.15) is 0 Å². The molecular weight excluding hydrogens is 524 g/mol. The fourth-order valence-corrected chi connectivity index (χ4v) is 9.76. The molecule has 3 aliphatic heterocycles. The summed E-state index contributed by atoms with van der Waals surface area (Å²) in [5.41, 5.74) is -1.17. The highest BCUT2D eigenvalue weighted by Crippen LogP contribution is 2.49. The summed E-state index contributed by atoms with van der Waals surface area (Å²) in [5.74, 6) is 2.24. The van der Waals surface area contributed by atoms with Gasteiger partial charge in [-0.3, -0.25) is 0 Å². The Morgan fingerprint density at radius 2 is 1.85 bits per heavy atom. The summed E-state index contributed by atoms with van der Waals surface area (Å²) in [6, 6.07) is 0.476. The molecule has 0 aromatic rings. The predicted molar refractivity (Wildman–Crippen MR) is 162 cm³/mol. The highest BCUT2D eigenvalue weighted by Gasteiger charge is 2.52. The summed E-state index contributed by atoms with van der Waals surface area (Å²) in [6.07, 6.45) is 13.8. The number of alkyl halides is 1. The van der Waals surface area contributed by atoms with E-state index in [9.17, 15) is 10.2 Å². The van der Waals surface area contributed by atoms with Crippen LogP contribution in [0, 0.1) is 29.1 Å². The van der Waals surface area contributed by atoms with E-state index < -0.39 is 11.2 Å². The first-order chi connectivity index (χ1) is 19.0. The zero-order valence-electron chi connectivity index (χ0n) is 25.9. The van der Waals surface area contributed by atoms with Crippen molar-refractivity contribution in [2.75, 3.05) is 39.4 Å². The first kappa shape index (κ1) is 31.5. The van der Waals surface area contributed by atoms with Crippen molar-refractivity contribution < 1.29 is 19.7 Å². The van der Waals surface area contributed by atoms with Gasteiger partial charge in [0, 0.05) is 29.9 Å². The standard InChI is InChI=1S/C33H59ClN2O4/c1-31(2)21-36(18-15-33(31,38)23-9-11-24(34)12-10-23)17-6-8-26-27-7-5-16-35-29(27)20-39-30-14-13-25(19-28(26)30)40-32(3,4)22-37/h23-30,35,37-38H,5-22H2,1-4H3. The molecule has 0 spiro atoms. The van der Waals surface area contributed by atoms with Crippen LogP contribution in [-0.2, 0) is 9.47 Å². The first-order valence-electron chi connectivity index (χ1n) is 16.7. The maximum atomic E-state index is 12.0. The number of hydrogen-bond acceptors (Lipinski definition) is 6. The lowest BCUT2D eigenvalue weighted by atomic mass is 9.60. The van der Waals surface area contributed by atoms with Crippen LogP contribution in [0.2, 0.25) is 0 Å². The van der Waals surface area contributed by atoms with Crippen LogP contribution < -0.4 is 5.32 Å². The number of likely N-dealkylation sites (tertiary alicyclic amines) is 1. The smallest absolute Gasteiger partial charge is 0.0859 e. The van der Waals surface area contributed by atoms with Crippen molar-refractivity contribution in [3.63, 3.8) is 0 Å². The number of halogens is 1. The molecule has 5 aliphatic rings. The van der Waals surface area contributed by atoms with Gasteiger partial charge in [-0.15, -0.1) is 11.6 Å². The van der Waals surface area contributed by atoms with Gasteiger partial charge in [-0.1, -0.05) is 13.8 Å². The van der Waals surface area contributed by atoms with Gasteiger partial charge in [0.05, 0.1) is 36.6 Å². The zero-order chi connectivity index (χ0) is 28.5. The Balaban J connectivity index is 1.21. The number of rotatable bonds is 8. The number of nitrogens with zero attached hydrogens (tertiary/aromatic N) is 1. The average molecular weight is 583 g/mol. The minimum Gasteiger partial charge on any atom is -0.393 e. The third kappa shape index (κ3) is 6.89. The molecular formula is C33H59ClN2O4. The lowest BCUT2D eigenvalue weighted by Crippen LogP contribution is -2.61. The number of aliphatic hydroxyl groups excluding tert-OH is 1. The van der Waals surface area contributed by atoms with Crippen LogP contribution in [0.4, 0.5) is 0 Å². The molecule has 2 aliphatic carbocycles. The van der Waals surface area contributed by atoms with Crippen molar-refractivity contribution in [2.24, 2.45) is 29.1 Å². The number of piperidine rings is 2. The molecule has 3 saturated heterocycles. The normalized spacial score (nSPS) is 43.0. The Morgan fingerprint density at radius 1 is 1.07 bits per heavy atom. The zero-order valence-corrected chi connectivity index (χ0v) is 26.6. The maximum Gasteiger partial charge on any atom is 0.0859 e. The van der Waals surface area contributed by atoms with Crippen LogP contribution in [0.1, 0.15) is 105 Å². The first-order valence-corrected chi connectivity index (χ1v) is 17.2. The molecule has 7 heteroatoms. The van der Waals surface area contributed by atoms with Crippen LogP contribution in [-0.4, -0.2) is 89.3 Å². The van der Waals surface area contributed by atoms with Gasteiger partial charge >= 0.3 is 0 Å². The number of aliphatic hydroxyl groups is 2. The second-order valence-corrected chi connectivity index (χ2v) is 16.1. The second kappa shape index (κ2) is 13.0. The Kier molecular flexibility index (Phi) is 10.2. The summed E-state index contributed by atoms with van der Waals surface area (Å²) < 4.78 is 13.0. The van der Waals surface area contributed by atoms with Gasteiger partial charge in [-0.25, -0.2) is 0 Å². The molecule has 5 fully saturated rings. The monoisotopic (exact) mass is 582 g/mol. The molecule has 2 saturated carbocycles. The molecule has 5 rings (SSSR count). The van der Waals surface area contributed by atoms with E-state index in [-0.39, 0.29) is 18.1 Å². The van der Waals surface area contributed by atoms with Gasteiger partial charge < -0.3 is 29.9 Å². The number of hydrogen-bond donors (Lipinski definition) is 3. The van der Waals surface area contributed by atoms with E-state index in [1.54, 1.807) is 0 Å². The van der Waals surface area contributed by atoms with Gasteiger partial charge in [-0.05, 0) is 128 Å². The summed E-state index contributed by atoms with van der Waals surface area (Å²) in [6.45, 7) is 13.7. The topological polar surface area (TPSA) is 74.2 Å². The highest BCUT2D eigenvalue weighted by molar-refractivity contribution is 6.20. The Morgan fingerprint density at radius 3 is 2.58 bits per heavy atom. The SMILES string of the molecule is CC(C)(CO)OC1CCC2OCC3NCCCC3C(CCCN3CCC(O)(C4CCC(Cl)CC4)C(C)(C)C3)C2C1. The fourth-order valence-electron chi connectivity index (χ4n) is 9.51. The molecule has 232 valence electrons. The lowest BCUT2D eigenvalue weighted by molar-refractivity contribution is -0.161. The lowest BCUT2D eigenvalue weighted by Gasteiger charge is -2.55. The quantitative estimate of drug-likeness (QED) is 0.334. The van der Waals surface area contributed by atoms with Crippen molar-refractivity contribution in [3.8, 4) is 0 Å². The minimum absolute atomic E-state index is 0.0570. The van der Waals surface area contributed by atoms with Gasteiger partial charge in [0.15, 0.2) is 0 Å². The predicted octanol–water partition coefficient (Wildman–Crippen LogP) is 5.37. The average Bonchev–Trinajstić information content (AvgIpc) is 3.07. The third-order valence-electron chi connectivity index (χ3n) is 11.8. The molecule has 3 heterocycles. The van der Waals surface area contributed by atoms with Gasteiger partial charge in [0.2, 0.25) is 0 Å². The third-order valence-corrected chi connectivity index (χ3v) is 12.3. The Bertz CT molecular complexity index is 818. The van der Waals surface area contributed by atoms with Gasteiger partial charge in [0.25, 0.3) is 0 Å². The number of nitrogens with one attached hydrogen (secondary N) is 1. The van der Waals surface area contributed by atoms with E-state index in [2.05, 4.69) is 24.1 Å². The summed E-state index contributed by atoms with van der Waals surface area (Å²) in [4.78, 5) is 2.64. The van der Waals surface area contributed by atoms with E-state index in [1.165, 1.54) is 25.7 Å². The number of ether oxygens (including phenoxy) is 2. The Hall–Kier alpha value is 0.0500. The molecule has 0 aromatic heterocycles. The summed E-state index contributed by atoms with van der Waals surface area (Å²) >= 11 is 6.40. The van der Waals surface area contributed by atoms with Crippen molar-refractivity contribution in [2.45, 2.75) is 140 Å². The van der Waals surface area contributed by atoms with E-state index in [1.807, 2.05) is 13.8 Å². The van der Waals surface area contributed by atoms with E-state index >= 15 is 0 Å². The molecule has 0 bridgehead atoms. The van der Waals surface area contributed by atoms with Crippen LogP contribution in [0.15, 0.2) is 0 Å². The van der Waals surface area contributed by atoms with E-state index in [0.29, 0.717) is 41.2 Å². The maximum absolute atomic E-state index is 12.0. The second-order valence-electron chi connectivity index (χ2n) is 15.5.